The summed E-state index contributed by atoms with van der Waals surface area (Å²) >= 11 is 5.60. The first-order chi connectivity index (χ1) is 10.7. The second kappa shape index (κ2) is 8.14. The highest BCUT2D eigenvalue weighted by molar-refractivity contribution is 6.30. The van der Waals surface area contributed by atoms with Crippen molar-refractivity contribution in [1.29, 1.82) is 0 Å². The second-order valence-electron chi connectivity index (χ2n) is 5.34. The van der Waals surface area contributed by atoms with Gasteiger partial charge in [-0.15, -0.1) is 12.4 Å². The van der Waals surface area contributed by atoms with E-state index in [1.54, 1.807) is 0 Å². The van der Waals surface area contributed by atoms with Crippen molar-refractivity contribution in [2.45, 2.75) is 18.1 Å². The first kappa shape index (κ1) is 21.4. The normalized spacial score (nSPS) is 18.1. The third kappa shape index (κ3) is 4.70. The number of aliphatic hydroxyl groups is 1. The quantitative estimate of drug-likeness (QED) is 0.768. The molecule has 0 unspecified atom stereocenters. The van der Waals surface area contributed by atoms with Gasteiger partial charge in [0.15, 0.2) is 0 Å². The Kier molecular flexibility index (Phi) is 7.25. The lowest BCUT2D eigenvalue weighted by Gasteiger charge is -2.39. The molecule has 1 heterocycles. The van der Waals surface area contributed by atoms with Gasteiger partial charge in [0.2, 0.25) is 0 Å². The van der Waals surface area contributed by atoms with E-state index < -0.39 is 35.9 Å². The zero-order valence-electron chi connectivity index (χ0n) is 12.4. The molecule has 138 valence electrons. The van der Waals surface area contributed by atoms with Crippen LogP contribution in [0.15, 0.2) is 18.2 Å². The standard InChI is InChI=1S/C14H16ClF5N2O.ClH/c15-9-1-2-10(11(7-9)14(18,19)20)12(13(16,17)8-23)22-5-3-21-4-6-22;/h1-2,7,12,21,23H,3-6,8H2;1H/t12-;/m0./s1. The summed E-state index contributed by atoms with van der Waals surface area (Å²) in [5.74, 6) is -3.72. The molecule has 0 aliphatic carbocycles. The maximum Gasteiger partial charge on any atom is 0.416 e. The van der Waals surface area contributed by atoms with Crippen LogP contribution in [0.4, 0.5) is 22.0 Å². The summed E-state index contributed by atoms with van der Waals surface area (Å²) in [6.45, 7) is -0.470. The summed E-state index contributed by atoms with van der Waals surface area (Å²) in [5.41, 5.74) is -1.79. The van der Waals surface area contributed by atoms with Crippen LogP contribution in [0, 0.1) is 0 Å². The highest BCUT2D eigenvalue weighted by Crippen LogP contribution is 2.43. The summed E-state index contributed by atoms with van der Waals surface area (Å²) in [7, 11) is 0. The van der Waals surface area contributed by atoms with E-state index in [2.05, 4.69) is 5.32 Å². The fraction of sp³-hybridized carbons (Fsp3) is 0.571. The van der Waals surface area contributed by atoms with E-state index in [4.69, 9.17) is 16.7 Å². The van der Waals surface area contributed by atoms with Crippen LogP contribution in [0.2, 0.25) is 5.02 Å². The molecule has 1 aromatic rings. The van der Waals surface area contributed by atoms with Gasteiger partial charge in [0.05, 0.1) is 5.56 Å². The smallest absolute Gasteiger partial charge is 0.390 e. The summed E-state index contributed by atoms with van der Waals surface area (Å²) in [6, 6.07) is 0.874. The molecule has 0 spiro atoms. The third-order valence-corrected chi connectivity index (χ3v) is 3.98. The molecule has 1 fully saturated rings. The van der Waals surface area contributed by atoms with Gasteiger partial charge in [-0.1, -0.05) is 17.7 Å². The van der Waals surface area contributed by atoms with Gasteiger partial charge in [0, 0.05) is 31.2 Å². The number of piperazine rings is 1. The maximum atomic E-state index is 14.2. The molecular weight excluding hydrogens is 378 g/mol. The third-order valence-electron chi connectivity index (χ3n) is 3.74. The topological polar surface area (TPSA) is 35.5 Å². The Morgan fingerprint density at radius 2 is 1.75 bits per heavy atom. The first-order valence-electron chi connectivity index (χ1n) is 6.97. The van der Waals surface area contributed by atoms with Crippen LogP contribution < -0.4 is 5.32 Å². The van der Waals surface area contributed by atoms with Crippen LogP contribution in [0.5, 0.6) is 0 Å². The van der Waals surface area contributed by atoms with Gasteiger partial charge in [-0.3, -0.25) is 4.90 Å². The molecule has 0 saturated carbocycles. The monoisotopic (exact) mass is 394 g/mol. The van der Waals surface area contributed by atoms with Gasteiger partial charge < -0.3 is 10.4 Å². The van der Waals surface area contributed by atoms with E-state index in [1.807, 2.05) is 0 Å². The number of benzene rings is 1. The van der Waals surface area contributed by atoms with E-state index in [-0.39, 0.29) is 30.5 Å². The lowest BCUT2D eigenvalue weighted by atomic mass is 9.93. The van der Waals surface area contributed by atoms with Crippen molar-refractivity contribution in [2.75, 3.05) is 32.8 Å². The van der Waals surface area contributed by atoms with E-state index in [9.17, 15) is 22.0 Å². The van der Waals surface area contributed by atoms with Crippen LogP contribution >= 0.6 is 24.0 Å². The number of hydrogen-bond donors (Lipinski definition) is 2. The fourth-order valence-corrected chi connectivity index (χ4v) is 2.90. The van der Waals surface area contributed by atoms with Crippen LogP contribution in [0.25, 0.3) is 0 Å². The number of hydrogen-bond acceptors (Lipinski definition) is 3. The lowest BCUT2D eigenvalue weighted by Crippen LogP contribution is -2.51. The van der Waals surface area contributed by atoms with E-state index >= 15 is 0 Å². The van der Waals surface area contributed by atoms with Gasteiger partial charge in [-0.25, -0.2) is 8.78 Å². The summed E-state index contributed by atoms with van der Waals surface area (Å²) in [4.78, 5) is 1.26. The van der Waals surface area contributed by atoms with E-state index in [0.717, 1.165) is 12.1 Å². The highest BCUT2D eigenvalue weighted by atomic mass is 35.5. The molecule has 1 aromatic carbocycles. The molecule has 0 bridgehead atoms. The molecule has 1 saturated heterocycles. The molecule has 3 nitrogen and oxygen atoms in total. The zero-order chi connectivity index (χ0) is 17.3. The van der Waals surface area contributed by atoms with Crippen LogP contribution in [0.1, 0.15) is 17.2 Å². The molecule has 1 aliphatic heterocycles. The van der Waals surface area contributed by atoms with Gasteiger partial charge >= 0.3 is 6.18 Å². The molecular formula is C14H17Cl2F5N2O. The number of halogens is 7. The Bertz CT molecular complexity index is 550. The molecule has 0 radical (unpaired) electrons. The van der Waals surface area contributed by atoms with E-state index in [0.29, 0.717) is 19.2 Å². The summed E-state index contributed by atoms with van der Waals surface area (Å²) in [5, 5.41) is 11.8. The predicted molar refractivity (Wildman–Crippen MR) is 82.9 cm³/mol. The average molecular weight is 395 g/mol. The molecule has 2 rings (SSSR count). The van der Waals surface area contributed by atoms with Crippen LogP contribution in [-0.2, 0) is 6.18 Å². The average Bonchev–Trinajstić information content (AvgIpc) is 2.49. The highest BCUT2D eigenvalue weighted by Gasteiger charge is 2.47. The van der Waals surface area contributed by atoms with Crippen molar-refractivity contribution in [3.05, 3.63) is 34.3 Å². The van der Waals surface area contributed by atoms with Crippen molar-refractivity contribution >= 4 is 24.0 Å². The summed E-state index contributed by atoms with van der Waals surface area (Å²) in [6.07, 6.45) is -4.82. The SMILES string of the molecule is Cl.OCC(F)(F)[C@H](c1ccc(Cl)cc1C(F)(F)F)N1CCNCC1. The van der Waals surface area contributed by atoms with Gasteiger partial charge in [0.1, 0.15) is 12.6 Å². The molecule has 1 atom stereocenters. The minimum Gasteiger partial charge on any atom is -0.390 e. The van der Waals surface area contributed by atoms with Gasteiger partial charge in [0.25, 0.3) is 5.92 Å². The maximum absolute atomic E-state index is 14.2. The van der Waals surface area contributed by atoms with Crippen LogP contribution in [0.3, 0.4) is 0 Å². The van der Waals surface area contributed by atoms with Crippen molar-refractivity contribution < 1.29 is 27.1 Å². The number of rotatable bonds is 4. The molecule has 10 heteroatoms. The minimum absolute atomic E-state index is 0. The number of nitrogens with one attached hydrogen (secondary N) is 1. The Morgan fingerprint density at radius 3 is 2.25 bits per heavy atom. The molecule has 2 N–H and O–H groups in total. The van der Waals surface area contributed by atoms with Crippen LogP contribution in [-0.4, -0.2) is 48.7 Å². The van der Waals surface area contributed by atoms with Crippen molar-refractivity contribution in [1.82, 2.24) is 10.2 Å². The second-order valence-corrected chi connectivity index (χ2v) is 5.77. The largest absolute Gasteiger partial charge is 0.416 e. The molecule has 24 heavy (non-hydrogen) atoms. The predicted octanol–water partition coefficient (Wildman–Crippen LogP) is 3.35. The van der Waals surface area contributed by atoms with Gasteiger partial charge in [-0.2, -0.15) is 13.2 Å². The molecule has 0 amide bonds. The number of aliphatic hydroxyl groups excluding tert-OH is 1. The van der Waals surface area contributed by atoms with Crippen molar-refractivity contribution in [2.24, 2.45) is 0 Å². The van der Waals surface area contributed by atoms with Crippen molar-refractivity contribution in [3.63, 3.8) is 0 Å². The number of nitrogens with zero attached hydrogens (tertiary/aromatic N) is 1. The van der Waals surface area contributed by atoms with E-state index in [1.165, 1.54) is 4.90 Å². The fourth-order valence-electron chi connectivity index (χ4n) is 2.73. The zero-order valence-corrected chi connectivity index (χ0v) is 14.0. The Morgan fingerprint density at radius 1 is 1.17 bits per heavy atom. The van der Waals surface area contributed by atoms with Crippen molar-refractivity contribution in [3.8, 4) is 0 Å². The van der Waals surface area contributed by atoms with Gasteiger partial charge in [-0.05, 0) is 17.7 Å². The first-order valence-corrected chi connectivity index (χ1v) is 7.34. The molecule has 0 aromatic heterocycles. The Hall–Kier alpha value is -0.670. The Balaban J connectivity index is 0.00000288. The number of alkyl halides is 5. The lowest BCUT2D eigenvalue weighted by molar-refractivity contribution is -0.145. The molecule has 1 aliphatic rings. The minimum atomic E-state index is -4.82. The Labute approximate surface area is 147 Å². The summed E-state index contributed by atoms with van der Waals surface area (Å²) < 4.78 is 68.2.